The molecule has 0 saturated carbocycles. The zero-order valence-corrected chi connectivity index (χ0v) is 8.01. The van der Waals surface area contributed by atoms with Crippen molar-refractivity contribution >= 4 is 0 Å². The normalized spacial score (nSPS) is 29.8. The van der Waals surface area contributed by atoms with Gasteiger partial charge in [0.15, 0.2) is 0 Å². The SMILES string of the molecule is C=C(C1=CCC(C)C=C1)C1C#CC1. The van der Waals surface area contributed by atoms with Gasteiger partial charge in [0.2, 0.25) is 0 Å². The first-order valence-corrected chi connectivity index (χ1v) is 4.83. The van der Waals surface area contributed by atoms with Crippen LogP contribution in [0.3, 0.4) is 0 Å². The molecular weight excluding hydrogens is 156 g/mol. The van der Waals surface area contributed by atoms with Gasteiger partial charge in [-0.3, -0.25) is 0 Å². The lowest BCUT2D eigenvalue weighted by molar-refractivity contribution is 0.722. The second-order valence-electron chi connectivity index (χ2n) is 3.83. The molecule has 0 aliphatic heterocycles. The summed E-state index contributed by atoms with van der Waals surface area (Å²) in [6.45, 7) is 6.34. The van der Waals surface area contributed by atoms with Gasteiger partial charge in [0.1, 0.15) is 0 Å². The maximum atomic E-state index is 4.10. The van der Waals surface area contributed by atoms with Crippen LogP contribution in [0.2, 0.25) is 0 Å². The first kappa shape index (κ1) is 8.38. The summed E-state index contributed by atoms with van der Waals surface area (Å²) in [6, 6.07) is 0. The van der Waals surface area contributed by atoms with E-state index in [0.29, 0.717) is 11.8 Å². The Bertz CT molecular complexity index is 344. The Morgan fingerprint density at radius 1 is 1.62 bits per heavy atom. The third kappa shape index (κ3) is 1.60. The van der Waals surface area contributed by atoms with E-state index in [4.69, 9.17) is 0 Å². The molecule has 0 fully saturated rings. The average molecular weight is 170 g/mol. The van der Waals surface area contributed by atoms with E-state index in [1.807, 2.05) is 0 Å². The highest BCUT2D eigenvalue weighted by Crippen LogP contribution is 2.28. The average Bonchev–Trinajstić information content (AvgIpc) is 2.02. The smallest absolute Gasteiger partial charge is 0.0561 e. The molecule has 0 aromatic heterocycles. The van der Waals surface area contributed by atoms with Crippen molar-refractivity contribution in [3.63, 3.8) is 0 Å². The summed E-state index contributed by atoms with van der Waals surface area (Å²) in [5.41, 5.74) is 2.51. The fraction of sp³-hybridized carbons (Fsp3) is 0.385. The van der Waals surface area contributed by atoms with E-state index in [0.717, 1.165) is 12.8 Å². The van der Waals surface area contributed by atoms with Crippen LogP contribution >= 0.6 is 0 Å². The number of allylic oxidation sites excluding steroid dienone is 5. The Kier molecular flexibility index (Phi) is 2.10. The van der Waals surface area contributed by atoms with Gasteiger partial charge in [-0.05, 0) is 23.5 Å². The van der Waals surface area contributed by atoms with Crippen LogP contribution in [0, 0.1) is 23.7 Å². The third-order valence-corrected chi connectivity index (χ3v) is 2.69. The molecule has 0 radical (unpaired) electrons. The highest BCUT2D eigenvalue weighted by molar-refractivity contribution is 5.46. The molecule has 66 valence electrons. The molecule has 0 aromatic carbocycles. The van der Waals surface area contributed by atoms with Gasteiger partial charge in [-0.2, -0.15) is 0 Å². The van der Waals surface area contributed by atoms with Gasteiger partial charge in [0, 0.05) is 6.42 Å². The summed E-state index contributed by atoms with van der Waals surface area (Å²) in [6.07, 6.45) is 8.88. The van der Waals surface area contributed by atoms with Crippen LogP contribution in [0.1, 0.15) is 19.8 Å². The van der Waals surface area contributed by atoms with Crippen LogP contribution in [-0.4, -0.2) is 0 Å². The van der Waals surface area contributed by atoms with E-state index in [9.17, 15) is 0 Å². The molecule has 0 bridgehead atoms. The highest BCUT2D eigenvalue weighted by Gasteiger charge is 2.17. The van der Waals surface area contributed by atoms with Crippen molar-refractivity contribution in [2.75, 3.05) is 0 Å². The van der Waals surface area contributed by atoms with Gasteiger partial charge in [-0.25, -0.2) is 0 Å². The topological polar surface area (TPSA) is 0 Å². The van der Waals surface area contributed by atoms with Crippen molar-refractivity contribution in [1.82, 2.24) is 0 Å². The maximum Gasteiger partial charge on any atom is 0.0561 e. The molecule has 0 N–H and O–H groups in total. The lowest BCUT2D eigenvalue weighted by Crippen LogP contribution is -2.09. The molecule has 2 aliphatic carbocycles. The molecule has 0 nitrogen and oxygen atoms in total. The number of rotatable bonds is 2. The minimum atomic E-state index is 0.435. The molecule has 0 amide bonds. The van der Waals surface area contributed by atoms with Gasteiger partial charge < -0.3 is 0 Å². The number of hydrogen-bond acceptors (Lipinski definition) is 0. The van der Waals surface area contributed by atoms with Gasteiger partial charge in [-0.15, -0.1) is 5.92 Å². The molecule has 2 rings (SSSR count). The Labute approximate surface area is 80.0 Å². The quantitative estimate of drug-likeness (QED) is 0.559. The van der Waals surface area contributed by atoms with E-state index in [-0.39, 0.29) is 0 Å². The molecule has 0 heteroatoms. The van der Waals surface area contributed by atoms with Crippen LogP contribution in [0.25, 0.3) is 0 Å². The maximum absolute atomic E-state index is 4.10. The van der Waals surface area contributed by atoms with Crippen LogP contribution in [-0.2, 0) is 0 Å². The summed E-state index contributed by atoms with van der Waals surface area (Å²) in [5.74, 6) is 7.28. The Morgan fingerprint density at radius 2 is 2.38 bits per heavy atom. The van der Waals surface area contributed by atoms with E-state index < -0.39 is 0 Å². The summed E-state index contributed by atoms with van der Waals surface area (Å²) in [7, 11) is 0. The third-order valence-electron chi connectivity index (χ3n) is 2.69. The minimum Gasteiger partial charge on any atom is -0.101 e. The highest BCUT2D eigenvalue weighted by atomic mass is 14.2. The zero-order chi connectivity index (χ0) is 9.26. The second-order valence-corrected chi connectivity index (χ2v) is 3.83. The van der Waals surface area contributed by atoms with Gasteiger partial charge >= 0.3 is 0 Å². The van der Waals surface area contributed by atoms with Crippen molar-refractivity contribution in [3.8, 4) is 11.8 Å². The van der Waals surface area contributed by atoms with Crippen LogP contribution < -0.4 is 0 Å². The molecule has 2 atom stereocenters. The van der Waals surface area contributed by atoms with Crippen molar-refractivity contribution in [3.05, 3.63) is 36.0 Å². The predicted molar refractivity (Wildman–Crippen MR) is 56.0 cm³/mol. The first-order valence-electron chi connectivity index (χ1n) is 4.83. The van der Waals surface area contributed by atoms with E-state index in [1.54, 1.807) is 0 Å². The van der Waals surface area contributed by atoms with Crippen molar-refractivity contribution in [2.24, 2.45) is 11.8 Å². The Morgan fingerprint density at radius 3 is 2.85 bits per heavy atom. The summed E-state index contributed by atoms with van der Waals surface area (Å²) < 4.78 is 0. The van der Waals surface area contributed by atoms with E-state index in [1.165, 1.54) is 11.1 Å². The minimum absolute atomic E-state index is 0.435. The first-order chi connectivity index (χ1) is 6.27. The summed E-state index contributed by atoms with van der Waals surface area (Å²) >= 11 is 0. The lowest BCUT2D eigenvalue weighted by Gasteiger charge is -2.20. The largest absolute Gasteiger partial charge is 0.101 e. The fourth-order valence-corrected chi connectivity index (χ4v) is 1.58. The molecule has 0 saturated heterocycles. The molecular formula is C13H14. The van der Waals surface area contributed by atoms with Gasteiger partial charge in [-0.1, -0.05) is 37.7 Å². The van der Waals surface area contributed by atoms with Crippen molar-refractivity contribution in [1.29, 1.82) is 0 Å². The predicted octanol–water partition coefficient (Wildman–Crippen LogP) is 3.09. The molecule has 0 spiro atoms. The molecule has 0 aromatic rings. The second kappa shape index (κ2) is 3.26. The van der Waals surface area contributed by atoms with Crippen LogP contribution in [0.15, 0.2) is 36.0 Å². The molecule has 2 aliphatic rings. The number of hydrogen-bond donors (Lipinski definition) is 0. The summed E-state index contributed by atoms with van der Waals surface area (Å²) in [4.78, 5) is 0. The van der Waals surface area contributed by atoms with Crippen molar-refractivity contribution < 1.29 is 0 Å². The van der Waals surface area contributed by atoms with E-state index in [2.05, 4.69) is 43.6 Å². The monoisotopic (exact) mass is 170 g/mol. The Balaban J connectivity index is 2.07. The van der Waals surface area contributed by atoms with Crippen LogP contribution in [0.4, 0.5) is 0 Å². The zero-order valence-electron chi connectivity index (χ0n) is 8.01. The summed E-state index contributed by atoms with van der Waals surface area (Å²) in [5, 5.41) is 0. The molecule has 0 heterocycles. The van der Waals surface area contributed by atoms with E-state index >= 15 is 0 Å². The lowest BCUT2D eigenvalue weighted by atomic mass is 9.84. The fourth-order valence-electron chi connectivity index (χ4n) is 1.58. The van der Waals surface area contributed by atoms with Gasteiger partial charge in [0.05, 0.1) is 5.92 Å². The Hall–Kier alpha value is -1.22. The van der Waals surface area contributed by atoms with Crippen molar-refractivity contribution in [2.45, 2.75) is 19.8 Å². The molecule has 13 heavy (non-hydrogen) atoms. The van der Waals surface area contributed by atoms with Crippen LogP contribution in [0.5, 0.6) is 0 Å². The standard InChI is InChI=1S/C13H14/c1-10-6-8-13(9-7-10)11(2)12-4-3-5-12/h6,8-10,12H,2,4,7H2,1H3. The van der Waals surface area contributed by atoms with Gasteiger partial charge in [0.25, 0.3) is 0 Å². The molecule has 2 unspecified atom stereocenters.